The number of benzene rings is 2. The summed E-state index contributed by atoms with van der Waals surface area (Å²) in [4.78, 5) is 17.2. The SMILES string of the molecule is Cc1cccc(CN2CCN(CC(=O)c3cc(-c4ccc(Cl)cc4Cl)no3)CC2)c1. The number of carbonyl (C=O) groups is 1. The number of rotatable bonds is 6. The van der Waals surface area contributed by atoms with Gasteiger partial charge in [0.25, 0.3) is 0 Å². The Morgan fingerprint density at radius 1 is 1.03 bits per heavy atom. The molecule has 0 unspecified atom stereocenters. The molecule has 1 fully saturated rings. The summed E-state index contributed by atoms with van der Waals surface area (Å²) in [6, 6.07) is 15.4. The van der Waals surface area contributed by atoms with Crippen molar-refractivity contribution in [2.45, 2.75) is 13.5 Å². The van der Waals surface area contributed by atoms with Crippen LogP contribution in [0.5, 0.6) is 0 Å². The standard InChI is InChI=1S/C23H23Cl2N3O2/c1-16-3-2-4-17(11-16)14-27-7-9-28(10-8-27)15-22(29)23-13-21(26-30-23)19-6-5-18(24)12-20(19)25/h2-6,11-13H,7-10,14-15H2,1H3. The molecule has 3 aromatic rings. The van der Waals surface area contributed by atoms with E-state index in [1.54, 1.807) is 24.3 Å². The number of aryl methyl sites for hydroxylation is 1. The van der Waals surface area contributed by atoms with E-state index in [4.69, 9.17) is 27.7 Å². The van der Waals surface area contributed by atoms with Crippen molar-refractivity contribution in [1.82, 2.24) is 15.0 Å². The molecule has 0 bridgehead atoms. The molecule has 0 N–H and O–H groups in total. The Hall–Kier alpha value is -2.18. The first kappa shape index (κ1) is 21.1. The molecule has 0 radical (unpaired) electrons. The zero-order valence-electron chi connectivity index (χ0n) is 16.8. The maximum Gasteiger partial charge on any atom is 0.214 e. The van der Waals surface area contributed by atoms with E-state index in [9.17, 15) is 4.79 Å². The summed E-state index contributed by atoms with van der Waals surface area (Å²) >= 11 is 12.2. The van der Waals surface area contributed by atoms with Crippen LogP contribution in [0.4, 0.5) is 0 Å². The fourth-order valence-electron chi connectivity index (χ4n) is 3.69. The summed E-state index contributed by atoms with van der Waals surface area (Å²) in [6.07, 6.45) is 0. The maximum atomic E-state index is 12.7. The van der Waals surface area contributed by atoms with Gasteiger partial charge in [0.1, 0.15) is 5.69 Å². The van der Waals surface area contributed by atoms with Crippen LogP contribution in [0.25, 0.3) is 11.3 Å². The highest BCUT2D eigenvalue weighted by Crippen LogP contribution is 2.30. The third-order valence-corrected chi connectivity index (χ3v) is 5.86. The van der Waals surface area contributed by atoms with Crippen molar-refractivity contribution in [3.05, 3.63) is 75.5 Å². The number of aromatic nitrogens is 1. The van der Waals surface area contributed by atoms with Crippen molar-refractivity contribution < 1.29 is 9.32 Å². The lowest BCUT2D eigenvalue weighted by Crippen LogP contribution is -2.47. The molecule has 0 spiro atoms. The number of Topliss-reactive ketones (excluding diaryl/α,β-unsaturated/α-hetero) is 1. The predicted octanol–water partition coefficient (Wildman–Crippen LogP) is 4.96. The Bertz CT molecular complexity index is 1040. The van der Waals surface area contributed by atoms with Gasteiger partial charge in [-0.3, -0.25) is 14.6 Å². The molecule has 0 saturated carbocycles. The van der Waals surface area contributed by atoms with Crippen molar-refractivity contribution in [1.29, 1.82) is 0 Å². The highest BCUT2D eigenvalue weighted by molar-refractivity contribution is 6.36. The Labute approximate surface area is 186 Å². The molecule has 1 saturated heterocycles. The van der Waals surface area contributed by atoms with Gasteiger partial charge in [-0.2, -0.15) is 0 Å². The minimum Gasteiger partial charge on any atom is -0.352 e. The van der Waals surface area contributed by atoms with Gasteiger partial charge in [-0.25, -0.2) is 0 Å². The first-order valence-electron chi connectivity index (χ1n) is 9.93. The van der Waals surface area contributed by atoms with E-state index in [-0.39, 0.29) is 11.5 Å². The number of carbonyl (C=O) groups excluding carboxylic acids is 1. The lowest BCUT2D eigenvalue weighted by molar-refractivity contribution is 0.0811. The smallest absolute Gasteiger partial charge is 0.214 e. The zero-order chi connectivity index (χ0) is 21.1. The molecule has 2 aromatic carbocycles. The Balaban J connectivity index is 1.31. The molecule has 1 aliphatic rings. The fraction of sp³-hybridized carbons (Fsp3) is 0.304. The van der Waals surface area contributed by atoms with Crippen LogP contribution in [0.15, 0.2) is 53.1 Å². The summed E-state index contributed by atoms with van der Waals surface area (Å²) in [5.41, 5.74) is 3.83. The molecular weight excluding hydrogens is 421 g/mol. The van der Waals surface area contributed by atoms with E-state index in [0.29, 0.717) is 27.8 Å². The van der Waals surface area contributed by atoms with Gasteiger partial charge in [0.15, 0.2) is 0 Å². The second-order valence-electron chi connectivity index (χ2n) is 7.67. The second kappa shape index (κ2) is 9.31. The minimum atomic E-state index is -0.0778. The van der Waals surface area contributed by atoms with Crippen molar-refractivity contribution in [3.63, 3.8) is 0 Å². The van der Waals surface area contributed by atoms with Gasteiger partial charge in [0.05, 0.1) is 11.6 Å². The largest absolute Gasteiger partial charge is 0.352 e. The monoisotopic (exact) mass is 443 g/mol. The second-order valence-corrected chi connectivity index (χ2v) is 8.51. The summed E-state index contributed by atoms with van der Waals surface area (Å²) in [6.45, 7) is 6.94. The number of piperazine rings is 1. The molecule has 7 heteroatoms. The van der Waals surface area contributed by atoms with Gasteiger partial charge in [0.2, 0.25) is 11.5 Å². The lowest BCUT2D eigenvalue weighted by Gasteiger charge is -2.34. The summed E-state index contributed by atoms with van der Waals surface area (Å²) in [7, 11) is 0. The minimum absolute atomic E-state index is 0.0778. The first-order valence-corrected chi connectivity index (χ1v) is 10.7. The van der Waals surface area contributed by atoms with Crippen molar-refractivity contribution >= 4 is 29.0 Å². The van der Waals surface area contributed by atoms with Crippen LogP contribution >= 0.6 is 23.2 Å². The molecule has 5 nitrogen and oxygen atoms in total. The average molecular weight is 444 g/mol. The normalized spacial score (nSPS) is 15.4. The molecule has 0 atom stereocenters. The average Bonchev–Trinajstić information content (AvgIpc) is 3.19. The molecule has 30 heavy (non-hydrogen) atoms. The molecular formula is C23H23Cl2N3O2. The van der Waals surface area contributed by atoms with Crippen LogP contribution in [0.2, 0.25) is 10.0 Å². The van der Waals surface area contributed by atoms with Gasteiger partial charge in [-0.1, -0.05) is 58.2 Å². The van der Waals surface area contributed by atoms with Crippen molar-refractivity contribution in [2.75, 3.05) is 32.7 Å². The van der Waals surface area contributed by atoms with Crippen molar-refractivity contribution in [2.24, 2.45) is 0 Å². The number of ketones is 1. The van der Waals surface area contributed by atoms with E-state index in [2.05, 4.69) is 46.1 Å². The molecule has 156 valence electrons. The van der Waals surface area contributed by atoms with Gasteiger partial charge in [0, 0.05) is 49.4 Å². The van der Waals surface area contributed by atoms with Gasteiger partial charge in [-0.05, 0) is 30.7 Å². The van der Waals surface area contributed by atoms with E-state index in [1.165, 1.54) is 11.1 Å². The third-order valence-electron chi connectivity index (χ3n) is 5.31. The maximum absolute atomic E-state index is 12.7. The van der Waals surface area contributed by atoms with E-state index in [1.807, 2.05) is 0 Å². The molecule has 1 aromatic heterocycles. The molecule has 0 aliphatic carbocycles. The topological polar surface area (TPSA) is 49.6 Å². The fourth-order valence-corrected chi connectivity index (χ4v) is 4.19. The highest BCUT2D eigenvalue weighted by atomic mass is 35.5. The van der Waals surface area contributed by atoms with Crippen LogP contribution < -0.4 is 0 Å². The number of hydrogen-bond donors (Lipinski definition) is 0. The molecule has 0 amide bonds. The van der Waals surface area contributed by atoms with Crippen LogP contribution in [0.1, 0.15) is 21.7 Å². The van der Waals surface area contributed by atoms with Crippen LogP contribution in [-0.4, -0.2) is 53.5 Å². The molecule has 1 aliphatic heterocycles. The number of nitrogens with zero attached hydrogens (tertiary/aromatic N) is 3. The number of halogens is 2. The van der Waals surface area contributed by atoms with Crippen LogP contribution in [0, 0.1) is 6.92 Å². The van der Waals surface area contributed by atoms with E-state index >= 15 is 0 Å². The quantitative estimate of drug-likeness (QED) is 0.504. The zero-order valence-corrected chi connectivity index (χ0v) is 18.3. The Morgan fingerprint density at radius 2 is 1.80 bits per heavy atom. The summed E-state index contributed by atoms with van der Waals surface area (Å²) in [5.74, 6) is 0.171. The van der Waals surface area contributed by atoms with E-state index in [0.717, 1.165) is 32.7 Å². The number of hydrogen-bond acceptors (Lipinski definition) is 5. The molecule has 4 rings (SSSR count). The Kier molecular flexibility index (Phi) is 6.54. The predicted molar refractivity (Wildman–Crippen MR) is 119 cm³/mol. The van der Waals surface area contributed by atoms with Crippen molar-refractivity contribution in [3.8, 4) is 11.3 Å². The van der Waals surface area contributed by atoms with Crippen LogP contribution in [-0.2, 0) is 6.54 Å². The van der Waals surface area contributed by atoms with Gasteiger partial charge < -0.3 is 4.52 Å². The lowest BCUT2D eigenvalue weighted by atomic mass is 10.1. The Morgan fingerprint density at radius 3 is 2.53 bits per heavy atom. The summed E-state index contributed by atoms with van der Waals surface area (Å²) in [5, 5.41) is 5.03. The summed E-state index contributed by atoms with van der Waals surface area (Å²) < 4.78 is 5.29. The van der Waals surface area contributed by atoms with Gasteiger partial charge >= 0.3 is 0 Å². The highest BCUT2D eigenvalue weighted by Gasteiger charge is 2.22. The van der Waals surface area contributed by atoms with Gasteiger partial charge in [-0.15, -0.1) is 0 Å². The van der Waals surface area contributed by atoms with Crippen LogP contribution in [0.3, 0.4) is 0 Å². The van der Waals surface area contributed by atoms with E-state index < -0.39 is 0 Å². The molecule has 2 heterocycles. The third kappa shape index (κ3) is 5.10. The first-order chi connectivity index (χ1) is 14.5.